The van der Waals surface area contributed by atoms with Crippen molar-refractivity contribution < 1.29 is 9.53 Å². The van der Waals surface area contributed by atoms with Crippen molar-refractivity contribution >= 4 is 21.8 Å². The molecule has 1 rings (SSSR count). The van der Waals surface area contributed by atoms with Gasteiger partial charge >= 0.3 is 0 Å². The van der Waals surface area contributed by atoms with Crippen LogP contribution in [0.2, 0.25) is 0 Å². The highest BCUT2D eigenvalue weighted by Gasteiger charge is 2.32. The van der Waals surface area contributed by atoms with Gasteiger partial charge in [0.25, 0.3) is 0 Å². The molecule has 0 saturated carbocycles. The van der Waals surface area contributed by atoms with Gasteiger partial charge in [-0.1, -0.05) is 22.9 Å². The Balaban J connectivity index is 2.38. The molecule has 1 amide bonds. The van der Waals surface area contributed by atoms with Gasteiger partial charge in [0.15, 0.2) is 0 Å². The van der Waals surface area contributed by atoms with E-state index < -0.39 is 0 Å². The first-order valence-corrected chi connectivity index (χ1v) is 6.44. The Morgan fingerprint density at radius 2 is 2.33 bits per heavy atom. The molecular weight excluding hydrogens is 258 g/mol. The fourth-order valence-electron chi connectivity index (χ4n) is 1.82. The number of carbonyl (C=O) groups excluding carboxylic acids is 1. The summed E-state index contributed by atoms with van der Waals surface area (Å²) in [5.74, 6) is 0.300. The minimum atomic E-state index is 0.0700. The average Bonchev–Trinajstić information content (AvgIpc) is 2.59. The van der Waals surface area contributed by atoms with Crippen molar-refractivity contribution in [2.24, 2.45) is 5.92 Å². The van der Waals surface area contributed by atoms with Crippen LogP contribution < -0.4 is 0 Å². The molecule has 1 aliphatic rings. The zero-order chi connectivity index (χ0) is 11.4. The quantitative estimate of drug-likeness (QED) is 0.736. The summed E-state index contributed by atoms with van der Waals surface area (Å²) in [5, 5.41) is 0. The van der Waals surface area contributed by atoms with Crippen LogP contribution in [0.1, 0.15) is 26.7 Å². The third kappa shape index (κ3) is 3.76. The third-order valence-electron chi connectivity index (χ3n) is 2.93. The van der Waals surface area contributed by atoms with Crippen LogP contribution in [0.25, 0.3) is 0 Å². The topological polar surface area (TPSA) is 29.5 Å². The number of carbonyl (C=O) groups is 1. The summed E-state index contributed by atoms with van der Waals surface area (Å²) >= 11 is 3.48. The lowest BCUT2D eigenvalue weighted by Gasteiger charge is -2.23. The van der Waals surface area contributed by atoms with Gasteiger partial charge in [0.05, 0.1) is 12.0 Å². The lowest BCUT2D eigenvalue weighted by Crippen LogP contribution is -2.36. The summed E-state index contributed by atoms with van der Waals surface area (Å²) in [6, 6.07) is 0. The van der Waals surface area contributed by atoms with E-state index >= 15 is 0 Å². The molecule has 0 aromatic carbocycles. The van der Waals surface area contributed by atoms with Crippen LogP contribution in [0, 0.1) is 5.92 Å². The van der Waals surface area contributed by atoms with Crippen molar-refractivity contribution in [3.8, 4) is 0 Å². The van der Waals surface area contributed by atoms with Gasteiger partial charge in [0.2, 0.25) is 5.91 Å². The number of rotatable bonds is 4. The maximum atomic E-state index is 12.0. The SMILES string of the molecule is CC(Br)CCN(C)C(=O)C1CCOC1C. The Hall–Kier alpha value is -0.0900. The Bertz CT molecular complexity index is 221. The van der Waals surface area contributed by atoms with Crippen molar-refractivity contribution in [1.29, 1.82) is 0 Å². The molecule has 0 bridgehead atoms. The fourth-order valence-corrected chi connectivity index (χ4v) is 2.03. The van der Waals surface area contributed by atoms with E-state index in [0.29, 0.717) is 4.83 Å². The summed E-state index contributed by atoms with van der Waals surface area (Å²) in [6.45, 7) is 5.62. The number of hydrogen-bond donors (Lipinski definition) is 0. The predicted octanol–water partition coefficient (Wildman–Crippen LogP) is 2.04. The van der Waals surface area contributed by atoms with Crippen LogP contribution in [-0.2, 0) is 9.53 Å². The highest BCUT2D eigenvalue weighted by molar-refractivity contribution is 9.09. The molecule has 1 heterocycles. The van der Waals surface area contributed by atoms with E-state index in [4.69, 9.17) is 4.74 Å². The summed E-state index contributed by atoms with van der Waals surface area (Å²) in [4.78, 5) is 14.3. The highest BCUT2D eigenvalue weighted by atomic mass is 79.9. The van der Waals surface area contributed by atoms with E-state index in [0.717, 1.165) is 26.0 Å². The van der Waals surface area contributed by atoms with Gasteiger partial charge in [0, 0.05) is 25.0 Å². The number of hydrogen-bond acceptors (Lipinski definition) is 2. The van der Waals surface area contributed by atoms with Gasteiger partial charge < -0.3 is 9.64 Å². The van der Waals surface area contributed by atoms with Crippen LogP contribution in [0.4, 0.5) is 0 Å². The van der Waals surface area contributed by atoms with Gasteiger partial charge in [-0.15, -0.1) is 0 Å². The third-order valence-corrected chi connectivity index (χ3v) is 3.39. The van der Waals surface area contributed by atoms with Crippen molar-refractivity contribution in [2.45, 2.75) is 37.6 Å². The van der Waals surface area contributed by atoms with Gasteiger partial charge in [-0.3, -0.25) is 4.79 Å². The first kappa shape index (κ1) is 13.0. The van der Waals surface area contributed by atoms with Crippen LogP contribution in [0.15, 0.2) is 0 Å². The predicted molar refractivity (Wildman–Crippen MR) is 64.2 cm³/mol. The van der Waals surface area contributed by atoms with Crippen molar-refractivity contribution in [3.63, 3.8) is 0 Å². The molecule has 0 N–H and O–H groups in total. The van der Waals surface area contributed by atoms with Crippen molar-refractivity contribution in [3.05, 3.63) is 0 Å². The summed E-state index contributed by atoms with van der Waals surface area (Å²) in [5.41, 5.74) is 0. The van der Waals surface area contributed by atoms with Gasteiger partial charge in [0.1, 0.15) is 0 Å². The molecule has 1 saturated heterocycles. The molecule has 3 unspecified atom stereocenters. The minimum Gasteiger partial charge on any atom is -0.378 e. The number of amides is 1. The van der Waals surface area contributed by atoms with Crippen LogP contribution in [0.3, 0.4) is 0 Å². The number of alkyl halides is 1. The first-order valence-electron chi connectivity index (χ1n) is 5.53. The lowest BCUT2D eigenvalue weighted by molar-refractivity contribution is -0.135. The van der Waals surface area contributed by atoms with E-state index in [1.165, 1.54) is 0 Å². The number of ether oxygens (including phenoxy) is 1. The standard InChI is InChI=1S/C11H20BrNO2/c1-8(12)4-6-13(3)11(14)10-5-7-15-9(10)2/h8-10H,4-7H2,1-3H3. The van der Waals surface area contributed by atoms with E-state index in [1.807, 2.05) is 18.9 Å². The maximum Gasteiger partial charge on any atom is 0.228 e. The number of nitrogens with zero attached hydrogens (tertiary/aromatic N) is 1. The van der Waals surface area contributed by atoms with Crippen molar-refractivity contribution in [2.75, 3.05) is 20.2 Å². The maximum absolute atomic E-state index is 12.0. The molecule has 1 fully saturated rings. The van der Waals surface area contributed by atoms with Crippen LogP contribution in [-0.4, -0.2) is 41.9 Å². The minimum absolute atomic E-state index is 0.0700. The first-order chi connectivity index (χ1) is 7.02. The Morgan fingerprint density at radius 3 is 2.80 bits per heavy atom. The molecule has 15 heavy (non-hydrogen) atoms. The summed E-state index contributed by atoms with van der Waals surface area (Å²) < 4.78 is 5.41. The molecule has 0 aliphatic carbocycles. The van der Waals surface area contributed by atoms with Crippen LogP contribution >= 0.6 is 15.9 Å². The van der Waals surface area contributed by atoms with E-state index in [-0.39, 0.29) is 17.9 Å². The Kier molecular flexibility index (Phi) is 5.06. The van der Waals surface area contributed by atoms with E-state index in [1.54, 1.807) is 0 Å². The highest BCUT2D eigenvalue weighted by Crippen LogP contribution is 2.22. The second kappa shape index (κ2) is 5.85. The van der Waals surface area contributed by atoms with E-state index in [2.05, 4.69) is 22.9 Å². The summed E-state index contributed by atoms with van der Waals surface area (Å²) in [6.07, 6.45) is 1.94. The normalized spacial score (nSPS) is 27.7. The monoisotopic (exact) mass is 277 g/mol. The van der Waals surface area contributed by atoms with E-state index in [9.17, 15) is 4.79 Å². The molecule has 0 spiro atoms. The Morgan fingerprint density at radius 1 is 1.67 bits per heavy atom. The molecule has 0 aromatic rings. The zero-order valence-corrected chi connectivity index (χ0v) is 11.3. The molecule has 88 valence electrons. The molecule has 3 nitrogen and oxygen atoms in total. The lowest BCUT2D eigenvalue weighted by atomic mass is 10.0. The van der Waals surface area contributed by atoms with Gasteiger partial charge in [-0.05, 0) is 19.8 Å². The molecule has 3 atom stereocenters. The Labute approximate surface area is 100 Å². The zero-order valence-electron chi connectivity index (χ0n) is 9.70. The van der Waals surface area contributed by atoms with Gasteiger partial charge in [-0.25, -0.2) is 0 Å². The van der Waals surface area contributed by atoms with Crippen molar-refractivity contribution in [1.82, 2.24) is 4.90 Å². The second-order valence-electron chi connectivity index (χ2n) is 4.30. The summed E-state index contributed by atoms with van der Waals surface area (Å²) in [7, 11) is 1.88. The second-order valence-corrected chi connectivity index (χ2v) is 5.86. The molecular formula is C11H20BrNO2. The molecule has 4 heteroatoms. The molecule has 1 aliphatic heterocycles. The smallest absolute Gasteiger partial charge is 0.228 e. The average molecular weight is 278 g/mol. The largest absolute Gasteiger partial charge is 0.378 e. The number of halogens is 1. The van der Waals surface area contributed by atoms with Crippen LogP contribution in [0.5, 0.6) is 0 Å². The molecule has 0 aromatic heterocycles. The molecule has 0 radical (unpaired) electrons. The fraction of sp³-hybridized carbons (Fsp3) is 0.909. The van der Waals surface area contributed by atoms with Gasteiger partial charge in [-0.2, -0.15) is 0 Å².